The number of aromatic nitrogens is 2. The summed E-state index contributed by atoms with van der Waals surface area (Å²) in [6.45, 7) is 2.25. The van der Waals surface area contributed by atoms with Crippen LogP contribution >= 0.6 is 19.1 Å². The predicted octanol–water partition coefficient (Wildman–Crippen LogP) is 4.68. The van der Waals surface area contributed by atoms with Crippen molar-refractivity contribution in [2.45, 2.75) is 18.9 Å². The number of rotatable bonds is 9. The highest BCUT2D eigenvalue weighted by atomic mass is 35.5. The van der Waals surface area contributed by atoms with E-state index >= 15 is 0 Å². The molecule has 0 spiro atoms. The molecule has 0 amide bonds. The van der Waals surface area contributed by atoms with Crippen molar-refractivity contribution in [3.63, 3.8) is 0 Å². The number of benzene rings is 2. The number of halogens is 3. The minimum atomic E-state index is -3.75. The van der Waals surface area contributed by atoms with E-state index in [1.54, 1.807) is 26.2 Å². The first-order valence-electron chi connectivity index (χ1n) is 8.89. The summed E-state index contributed by atoms with van der Waals surface area (Å²) < 4.78 is 54.7. The lowest BCUT2D eigenvalue weighted by atomic mass is 10.2. The first-order valence-corrected chi connectivity index (χ1v) is 10.9. The van der Waals surface area contributed by atoms with Crippen LogP contribution in [0.15, 0.2) is 53.1 Å². The highest BCUT2D eigenvalue weighted by Crippen LogP contribution is 2.42. The molecule has 3 aromatic rings. The Hall–Kier alpha value is -2.32. The lowest BCUT2D eigenvalue weighted by molar-refractivity contribution is 0.0551. The van der Waals surface area contributed by atoms with Gasteiger partial charge in [0.2, 0.25) is 5.82 Å². The van der Waals surface area contributed by atoms with Crippen LogP contribution in [0.25, 0.3) is 11.4 Å². The zero-order valence-corrected chi connectivity index (χ0v) is 17.8. The Bertz CT molecular complexity index is 1040. The molecule has 0 aliphatic heterocycles. The molecule has 0 radical (unpaired) electrons. The highest BCUT2D eigenvalue weighted by molar-refractivity contribution is 7.65. The van der Waals surface area contributed by atoms with Crippen LogP contribution in [0.5, 0.6) is 5.75 Å². The molecule has 2 aromatic carbocycles. The maximum absolute atomic E-state index is 13.4. The van der Waals surface area contributed by atoms with Gasteiger partial charge in [-0.25, -0.2) is 5.09 Å². The molecule has 0 saturated carbocycles. The molecule has 0 fully saturated rings. The monoisotopic (exact) mass is 457 g/mol. The SMILES string of the molecule is CCOP(=O)(NCc1cccc(OC)c1)c1ccc(-c2noc(C(F)(F)Cl)n2)cc1. The number of ether oxygens (including phenoxy) is 1. The zero-order chi connectivity index (χ0) is 21.8. The van der Waals surface area contributed by atoms with Gasteiger partial charge in [0.05, 0.1) is 19.0 Å². The lowest BCUT2D eigenvalue weighted by Gasteiger charge is -2.19. The minimum Gasteiger partial charge on any atom is -0.497 e. The molecule has 0 aliphatic carbocycles. The lowest BCUT2D eigenvalue weighted by Crippen LogP contribution is -2.21. The van der Waals surface area contributed by atoms with Gasteiger partial charge in [-0.2, -0.15) is 13.8 Å². The largest absolute Gasteiger partial charge is 0.497 e. The number of alkyl halides is 3. The molecule has 1 atom stereocenters. The van der Waals surface area contributed by atoms with Crippen LogP contribution in [0.1, 0.15) is 18.4 Å². The van der Waals surface area contributed by atoms with Gasteiger partial charge >= 0.3 is 11.3 Å². The van der Waals surface area contributed by atoms with Gasteiger partial charge in [0.25, 0.3) is 7.52 Å². The Morgan fingerprint density at radius 1 is 1.23 bits per heavy atom. The maximum Gasteiger partial charge on any atom is 0.400 e. The first kappa shape index (κ1) is 22.4. The predicted molar refractivity (Wildman–Crippen MR) is 108 cm³/mol. The molecule has 0 aliphatic rings. The molecule has 1 heterocycles. The van der Waals surface area contributed by atoms with Crippen molar-refractivity contribution in [1.29, 1.82) is 0 Å². The third kappa shape index (κ3) is 5.23. The van der Waals surface area contributed by atoms with E-state index in [-0.39, 0.29) is 19.0 Å². The summed E-state index contributed by atoms with van der Waals surface area (Å²) in [6.07, 6.45) is 0. The Morgan fingerprint density at radius 3 is 2.57 bits per heavy atom. The summed E-state index contributed by atoms with van der Waals surface area (Å²) in [6, 6.07) is 13.5. The number of nitrogens with zero attached hydrogens (tertiary/aromatic N) is 2. The Labute approximate surface area is 176 Å². The van der Waals surface area contributed by atoms with Crippen LogP contribution in [0.3, 0.4) is 0 Å². The molecule has 3 rings (SSSR count). The van der Waals surface area contributed by atoms with Crippen molar-refractivity contribution in [1.82, 2.24) is 15.2 Å². The van der Waals surface area contributed by atoms with E-state index in [9.17, 15) is 13.3 Å². The average molecular weight is 458 g/mol. The van der Waals surface area contributed by atoms with Crippen molar-refractivity contribution >= 4 is 24.4 Å². The second-order valence-corrected chi connectivity index (χ2v) is 8.79. The Kier molecular flexibility index (Phi) is 6.88. The molecule has 11 heteroatoms. The fourth-order valence-electron chi connectivity index (χ4n) is 2.63. The third-order valence-electron chi connectivity index (χ3n) is 4.07. The molecule has 1 aromatic heterocycles. The Morgan fingerprint density at radius 2 is 1.97 bits per heavy atom. The molecule has 0 saturated heterocycles. The van der Waals surface area contributed by atoms with Gasteiger partial charge in [-0.3, -0.25) is 4.57 Å². The van der Waals surface area contributed by atoms with Gasteiger partial charge in [0.15, 0.2) is 0 Å². The van der Waals surface area contributed by atoms with Crippen LogP contribution in [0.2, 0.25) is 0 Å². The summed E-state index contributed by atoms with van der Waals surface area (Å²) in [5.41, 5.74) is 1.26. The standard InChI is InChI=1S/C19H19ClF2N3O4P/c1-3-28-30(26,23-12-13-5-4-6-15(11-13)27-2)16-9-7-14(8-10-16)17-24-18(29-25-17)19(20,21)22/h4-11H,3,12H2,1-2H3,(H,23,26). The van der Waals surface area contributed by atoms with Crippen molar-refractivity contribution in [2.24, 2.45) is 0 Å². The zero-order valence-electron chi connectivity index (χ0n) is 16.1. The summed E-state index contributed by atoms with van der Waals surface area (Å²) in [7, 11) is -1.82. The van der Waals surface area contributed by atoms with E-state index in [1.165, 1.54) is 12.1 Å². The smallest absolute Gasteiger partial charge is 0.400 e. The van der Waals surface area contributed by atoms with Crippen LogP contribution in [-0.2, 0) is 21.0 Å². The summed E-state index contributed by atoms with van der Waals surface area (Å²) in [4.78, 5) is 3.58. The van der Waals surface area contributed by atoms with Crippen molar-refractivity contribution in [3.05, 3.63) is 60.0 Å². The molecule has 0 bridgehead atoms. The number of hydrogen-bond donors (Lipinski definition) is 1. The quantitative estimate of drug-likeness (QED) is 0.369. The van der Waals surface area contributed by atoms with E-state index in [0.29, 0.717) is 16.6 Å². The third-order valence-corrected chi connectivity index (χ3v) is 6.41. The fraction of sp³-hybridized carbons (Fsp3) is 0.263. The van der Waals surface area contributed by atoms with Gasteiger partial charge in [0.1, 0.15) is 5.75 Å². The van der Waals surface area contributed by atoms with Gasteiger partial charge in [0, 0.05) is 12.1 Å². The van der Waals surface area contributed by atoms with E-state index in [1.807, 2.05) is 24.3 Å². The molecular formula is C19H19ClF2N3O4P. The maximum atomic E-state index is 13.4. The van der Waals surface area contributed by atoms with Crippen LogP contribution in [0, 0.1) is 0 Å². The molecular weight excluding hydrogens is 439 g/mol. The minimum absolute atomic E-state index is 0.0625. The van der Waals surface area contributed by atoms with E-state index in [2.05, 4.69) is 19.8 Å². The molecule has 7 nitrogen and oxygen atoms in total. The van der Waals surface area contributed by atoms with Crippen molar-refractivity contribution in [2.75, 3.05) is 13.7 Å². The van der Waals surface area contributed by atoms with Crippen molar-refractivity contribution < 1.29 is 27.1 Å². The van der Waals surface area contributed by atoms with E-state index in [0.717, 1.165) is 5.56 Å². The second kappa shape index (κ2) is 9.22. The fourth-order valence-corrected chi connectivity index (χ4v) is 4.43. The van der Waals surface area contributed by atoms with Gasteiger partial charge in [-0.15, -0.1) is 0 Å². The van der Waals surface area contributed by atoms with E-state index < -0.39 is 18.8 Å². The first-order chi connectivity index (χ1) is 14.2. The van der Waals surface area contributed by atoms with E-state index in [4.69, 9.17) is 20.9 Å². The summed E-state index contributed by atoms with van der Waals surface area (Å²) in [5, 5.41) is 3.13. The van der Waals surface area contributed by atoms with Crippen LogP contribution < -0.4 is 15.1 Å². The molecule has 1 N–H and O–H groups in total. The molecule has 160 valence electrons. The Balaban J connectivity index is 1.79. The summed E-state index contributed by atoms with van der Waals surface area (Å²) >= 11 is 4.88. The number of methoxy groups -OCH3 is 1. The van der Waals surface area contributed by atoms with Gasteiger partial charge in [-0.05, 0) is 48.4 Å². The normalized spacial score (nSPS) is 13.8. The van der Waals surface area contributed by atoms with Gasteiger partial charge in [-0.1, -0.05) is 29.4 Å². The van der Waals surface area contributed by atoms with Crippen LogP contribution in [-0.4, -0.2) is 23.9 Å². The van der Waals surface area contributed by atoms with Gasteiger partial charge < -0.3 is 13.8 Å². The second-order valence-electron chi connectivity index (χ2n) is 6.12. The van der Waals surface area contributed by atoms with Crippen molar-refractivity contribution in [3.8, 4) is 17.1 Å². The molecule has 1 unspecified atom stereocenters. The number of hydrogen-bond acceptors (Lipinski definition) is 6. The average Bonchev–Trinajstić information content (AvgIpc) is 3.24. The topological polar surface area (TPSA) is 86.5 Å². The summed E-state index contributed by atoms with van der Waals surface area (Å²) in [5.74, 6) is -0.373. The highest BCUT2D eigenvalue weighted by Gasteiger charge is 2.35. The van der Waals surface area contributed by atoms with Crippen LogP contribution in [0.4, 0.5) is 8.78 Å². The molecule has 30 heavy (non-hydrogen) atoms. The number of nitrogens with one attached hydrogen (secondary N) is 1.